The highest BCUT2D eigenvalue weighted by Gasteiger charge is 2.16. The van der Waals surface area contributed by atoms with Gasteiger partial charge in [0.2, 0.25) is 5.95 Å². The van der Waals surface area contributed by atoms with Crippen molar-refractivity contribution in [3.8, 4) is 0 Å². The van der Waals surface area contributed by atoms with Gasteiger partial charge < -0.3 is 11.1 Å². The lowest BCUT2D eigenvalue weighted by molar-refractivity contribution is 0.450. The molecule has 0 spiro atoms. The summed E-state index contributed by atoms with van der Waals surface area (Å²) in [4.78, 5) is 0. The number of hydrogen-bond acceptors (Lipinski definition) is 4. The second-order valence-corrected chi connectivity index (χ2v) is 2.79. The molecule has 1 aliphatic heterocycles. The summed E-state index contributed by atoms with van der Waals surface area (Å²) in [5, 5.41) is 10.8. The van der Waals surface area contributed by atoms with E-state index in [4.69, 9.17) is 5.73 Å². The Labute approximate surface area is 64.6 Å². The largest absolute Gasteiger partial charge is 0.354 e. The fourth-order valence-electron chi connectivity index (χ4n) is 1.26. The average molecular weight is 153 g/mol. The summed E-state index contributed by atoms with van der Waals surface area (Å²) in [6, 6.07) is 0. The van der Waals surface area contributed by atoms with Crippen molar-refractivity contribution < 1.29 is 0 Å². The molecule has 0 fully saturated rings. The molecular weight excluding hydrogens is 142 g/mol. The normalized spacial score (nSPS) is 22.5. The Morgan fingerprint density at radius 2 is 2.73 bits per heavy atom. The van der Waals surface area contributed by atoms with E-state index in [1.54, 1.807) is 6.33 Å². The number of nitrogens with one attached hydrogen (secondary N) is 1. The van der Waals surface area contributed by atoms with Gasteiger partial charge in [-0.2, -0.15) is 0 Å². The minimum atomic E-state index is 0.512. The van der Waals surface area contributed by atoms with Gasteiger partial charge >= 0.3 is 0 Å². The number of nitrogens with zero attached hydrogens (tertiary/aromatic N) is 3. The second kappa shape index (κ2) is 2.50. The van der Waals surface area contributed by atoms with Crippen molar-refractivity contribution in [3.05, 3.63) is 6.33 Å². The summed E-state index contributed by atoms with van der Waals surface area (Å²) < 4.78 is 1.99. The molecule has 3 N–H and O–H groups in total. The maximum atomic E-state index is 5.53. The number of anilines is 1. The van der Waals surface area contributed by atoms with E-state index in [2.05, 4.69) is 15.5 Å². The van der Waals surface area contributed by atoms with Crippen molar-refractivity contribution >= 4 is 5.95 Å². The second-order valence-electron chi connectivity index (χ2n) is 2.79. The minimum absolute atomic E-state index is 0.512. The molecular formula is C6H11N5. The van der Waals surface area contributed by atoms with Crippen LogP contribution in [0.2, 0.25) is 0 Å². The van der Waals surface area contributed by atoms with Crippen molar-refractivity contribution in [2.75, 3.05) is 18.4 Å². The van der Waals surface area contributed by atoms with Gasteiger partial charge in [0, 0.05) is 19.0 Å². The summed E-state index contributed by atoms with van der Waals surface area (Å²) in [6.45, 7) is 2.56. The first-order valence-corrected chi connectivity index (χ1v) is 3.72. The topological polar surface area (TPSA) is 68.8 Å². The third-order valence-corrected chi connectivity index (χ3v) is 1.95. The van der Waals surface area contributed by atoms with Gasteiger partial charge in [0.1, 0.15) is 6.33 Å². The Balaban J connectivity index is 2.18. The molecule has 0 saturated carbocycles. The number of fused-ring (bicyclic) bond motifs is 1. The molecule has 60 valence electrons. The molecule has 0 aliphatic carbocycles. The SMILES string of the molecule is NCC1CNc2nncn2C1. The Bertz CT molecular complexity index is 243. The number of hydrogen-bond donors (Lipinski definition) is 2. The summed E-state index contributed by atoms with van der Waals surface area (Å²) >= 11 is 0. The van der Waals surface area contributed by atoms with Crippen LogP contribution < -0.4 is 11.1 Å². The molecule has 5 heteroatoms. The first-order valence-electron chi connectivity index (χ1n) is 3.72. The number of aromatic nitrogens is 3. The van der Waals surface area contributed by atoms with Crippen LogP contribution >= 0.6 is 0 Å². The fourth-order valence-corrected chi connectivity index (χ4v) is 1.26. The summed E-state index contributed by atoms with van der Waals surface area (Å²) in [6.07, 6.45) is 1.73. The number of nitrogens with two attached hydrogens (primary N) is 1. The van der Waals surface area contributed by atoms with E-state index in [1.807, 2.05) is 4.57 Å². The molecule has 1 unspecified atom stereocenters. The van der Waals surface area contributed by atoms with Crippen molar-refractivity contribution in [2.24, 2.45) is 11.7 Å². The van der Waals surface area contributed by atoms with Gasteiger partial charge in [0.05, 0.1) is 0 Å². The van der Waals surface area contributed by atoms with Gasteiger partial charge in [-0.15, -0.1) is 10.2 Å². The van der Waals surface area contributed by atoms with Crippen molar-refractivity contribution in [2.45, 2.75) is 6.54 Å². The van der Waals surface area contributed by atoms with Gasteiger partial charge in [0.25, 0.3) is 0 Å². The van der Waals surface area contributed by atoms with Crippen LogP contribution in [-0.2, 0) is 6.54 Å². The molecule has 0 saturated heterocycles. The average Bonchev–Trinajstić information content (AvgIpc) is 2.50. The quantitative estimate of drug-likeness (QED) is 0.558. The standard InChI is InChI=1S/C6H11N5/c7-1-5-2-8-6-10-9-4-11(6)3-5/h4-5H,1-3,7H2,(H,8,10). The van der Waals surface area contributed by atoms with Crippen LogP contribution in [0, 0.1) is 5.92 Å². The van der Waals surface area contributed by atoms with Crippen LogP contribution in [0.5, 0.6) is 0 Å². The molecule has 2 heterocycles. The van der Waals surface area contributed by atoms with E-state index in [0.29, 0.717) is 12.5 Å². The number of rotatable bonds is 1. The molecule has 5 nitrogen and oxygen atoms in total. The summed E-state index contributed by atoms with van der Waals surface area (Å²) in [7, 11) is 0. The minimum Gasteiger partial charge on any atom is -0.354 e. The van der Waals surface area contributed by atoms with Crippen molar-refractivity contribution in [3.63, 3.8) is 0 Å². The highest BCUT2D eigenvalue weighted by Crippen LogP contribution is 2.12. The van der Waals surface area contributed by atoms with Crippen LogP contribution in [0.15, 0.2) is 6.33 Å². The molecule has 0 amide bonds. The maximum Gasteiger partial charge on any atom is 0.224 e. The fraction of sp³-hybridized carbons (Fsp3) is 0.667. The zero-order valence-electron chi connectivity index (χ0n) is 6.20. The van der Waals surface area contributed by atoms with Gasteiger partial charge in [-0.3, -0.25) is 4.57 Å². The van der Waals surface area contributed by atoms with E-state index in [0.717, 1.165) is 19.0 Å². The zero-order valence-corrected chi connectivity index (χ0v) is 6.20. The van der Waals surface area contributed by atoms with Gasteiger partial charge in [-0.1, -0.05) is 0 Å². The highest BCUT2D eigenvalue weighted by molar-refractivity contribution is 5.25. The molecule has 0 aromatic carbocycles. The third kappa shape index (κ3) is 1.07. The van der Waals surface area contributed by atoms with E-state index in [9.17, 15) is 0 Å². The van der Waals surface area contributed by atoms with E-state index >= 15 is 0 Å². The van der Waals surface area contributed by atoms with Crippen LogP contribution in [0.3, 0.4) is 0 Å². The molecule has 0 bridgehead atoms. The highest BCUT2D eigenvalue weighted by atomic mass is 15.3. The van der Waals surface area contributed by atoms with Crippen molar-refractivity contribution in [1.29, 1.82) is 0 Å². The lowest BCUT2D eigenvalue weighted by atomic mass is 10.1. The maximum absolute atomic E-state index is 5.53. The molecule has 2 rings (SSSR count). The predicted molar refractivity (Wildman–Crippen MR) is 41.1 cm³/mol. The Morgan fingerprint density at radius 1 is 1.82 bits per heavy atom. The molecule has 1 aromatic heterocycles. The predicted octanol–water partition coefficient (Wildman–Crippen LogP) is -0.722. The Kier molecular flexibility index (Phi) is 1.50. The molecule has 1 aliphatic rings. The van der Waals surface area contributed by atoms with Crippen molar-refractivity contribution in [1.82, 2.24) is 14.8 Å². The summed E-state index contributed by atoms with van der Waals surface area (Å²) in [5.74, 6) is 1.37. The monoisotopic (exact) mass is 153 g/mol. The zero-order chi connectivity index (χ0) is 7.68. The first-order chi connectivity index (χ1) is 5.40. The molecule has 0 radical (unpaired) electrons. The Morgan fingerprint density at radius 3 is 3.55 bits per heavy atom. The van der Waals surface area contributed by atoms with Gasteiger partial charge in [-0.25, -0.2) is 0 Å². The van der Waals surface area contributed by atoms with Gasteiger partial charge in [0.15, 0.2) is 0 Å². The lowest BCUT2D eigenvalue weighted by Gasteiger charge is -2.22. The van der Waals surface area contributed by atoms with E-state index in [-0.39, 0.29) is 0 Å². The first kappa shape index (κ1) is 6.60. The van der Waals surface area contributed by atoms with E-state index < -0.39 is 0 Å². The molecule has 1 atom stereocenters. The van der Waals surface area contributed by atoms with E-state index in [1.165, 1.54) is 0 Å². The molecule has 1 aromatic rings. The Hall–Kier alpha value is -1.10. The third-order valence-electron chi connectivity index (χ3n) is 1.95. The van der Waals surface area contributed by atoms with Crippen LogP contribution in [0.1, 0.15) is 0 Å². The van der Waals surface area contributed by atoms with Crippen LogP contribution in [0.4, 0.5) is 5.95 Å². The molecule has 11 heavy (non-hydrogen) atoms. The lowest BCUT2D eigenvalue weighted by Crippen LogP contribution is -2.32. The van der Waals surface area contributed by atoms with Gasteiger partial charge in [-0.05, 0) is 6.54 Å². The smallest absolute Gasteiger partial charge is 0.224 e. The summed E-state index contributed by atoms with van der Waals surface area (Å²) in [5.41, 5.74) is 5.53. The van der Waals surface area contributed by atoms with Crippen LogP contribution in [-0.4, -0.2) is 27.9 Å². The van der Waals surface area contributed by atoms with Crippen LogP contribution in [0.25, 0.3) is 0 Å².